The summed E-state index contributed by atoms with van der Waals surface area (Å²) >= 11 is 2.02. The van der Waals surface area contributed by atoms with Crippen LogP contribution in [0, 0.1) is 0 Å². The van der Waals surface area contributed by atoms with E-state index in [2.05, 4.69) is 10.6 Å². The maximum Gasteiger partial charge on any atom is 0.221 e. The summed E-state index contributed by atoms with van der Waals surface area (Å²) < 4.78 is 0. The number of nitrogens with one attached hydrogen (secondary N) is 2. The summed E-state index contributed by atoms with van der Waals surface area (Å²) in [7, 11) is 0. The maximum absolute atomic E-state index is 11.0. The standard InChI is InChI=1S/C13H18N2OS/c1-10(16)14-12-3-2-4-13(9-12)15-11-5-7-17-8-6-11/h2-4,9,11,15H,5-8H2,1H3,(H,14,16). The van der Waals surface area contributed by atoms with Crippen molar-refractivity contribution in [3.8, 4) is 0 Å². The highest BCUT2D eigenvalue weighted by molar-refractivity contribution is 7.99. The minimum absolute atomic E-state index is 0.0313. The lowest BCUT2D eigenvalue weighted by molar-refractivity contribution is -0.114. The van der Waals surface area contributed by atoms with Gasteiger partial charge in [0.05, 0.1) is 0 Å². The number of thioether (sulfide) groups is 1. The summed E-state index contributed by atoms with van der Waals surface area (Å²) in [6, 6.07) is 8.48. The van der Waals surface area contributed by atoms with Crippen molar-refractivity contribution >= 4 is 29.0 Å². The van der Waals surface area contributed by atoms with Crippen molar-refractivity contribution in [1.82, 2.24) is 0 Å². The third kappa shape index (κ3) is 3.97. The van der Waals surface area contributed by atoms with Gasteiger partial charge in [-0.05, 0) is 42.5 Å². The van der Waals surface area contributed by atoms with Gasteiger partial charge in [-0.1, -0.05) is 6.07 Å². The van der Waals surface area contributed by atoms with Gasteiger partial charge in [0.25, 0.3) is 0 Å². The molecule has 0 radical (unpaired) electrons. The number of benzene rings is 1. The van der Waals surface area contributed by atoms with Gasteiger partial charge in [0.2, 0.25) is 5.91 Å². The Morgan fingerprint density at radius 3 is 2.71 bits per heavy atom. The summed E-state index contributed by atoms with van der Waals surface area (Å²) in [5, 5.41) is 6.33. The van der Waals surface area contributed by atoms with E-state index in [-0.39, 0.29) is 5.91 Å². The van der Waals surface area contributed by atoms with Crippen LogP contribution in [0.1, 0.15) is 19.8 Å². The van der Waals surface area contributed by atoms with Crippen LogP contribution in [0.25, 0.3) is 0 Å². The van der Waals surface area contributed by atoms with Crippen molar-refractivity contribution in [2.24, 2.45) is 0 Å². The van der Waals surface area contributed by atoms with Gasteiger partial charge >= 0.3 is 0 Å². The Bertz CT molecular complexity index is 389. The highest BCUT2D eigenvalue weighted by Crippen LogP contribution is 2.22. The summed E-state index contributed by atoms with van der Waals surface area (Å²) in [5.41, 5.74) is 1.95. The molecular formula is C13H18N2OS. The molecule has 4 heteroatoms. The van der Waals surface area contributed by atoms with E-state index in [9.17, 15) is 4.79 Å². The molecule has 2 N–H and O–H groups in total. The molecule has 1 heterocycles. The number of hydrogen-bond donors (Lipinski definition) is 2. The van der Waals surface area contributed by atoms with Gasteiger partial charge in [0.1, 0.15) is 0 Å². The summed E-state index contributed by atoms with van der Waals surface area (Å²) in [4.78, 5) is 11.0. The van der Waals surface area contributed by atoms with Crippen LogP contribution in [0.2, 0.25) is 0 Å². The molecule has 92 valence electrons. The van der Waals surface area contributed by atoms with Crippen molar-refractivity contribution in [2.75, 3.05) is 22.1 Å². The minimum atomic E-state index is -0.0313. The Labute approximate surface area is 106 Å². The molecule has 1 aromatic rings. The van der Waals surface area contributed by atoms with Crippen LogP contribution in [0.15, 0.2) is 24.3 Å². The molecule has 17 heavy (non-hydrogen) atoms. The molecule has 1 aromatic carbocycles. The number of carbonyl (C=O) groups excluding carboxylic acids is 1. The fourth-order valence-electron chi connectivity index (χ4n) is 1.97. The maximum atomic E-state index is 11.0. The zero-order valence-electron chi connectivity index (χ0n) is 10.0. The highest BCUT2D eigenvalue weighted by Gasteiger charge is 2.13. The monoisotopic (exact) mass is 250 g/mol. The van der Waals surface area contributed by atoms with E-state index in [1.54, 1.807) is 0 Å². The Morgan fingerprint density at radius 1 is 1.29 bits per heavy atom. The summed E-state index contributed by atoms with van der Waals surface area (Å²) in [6.07, 6.45) is 2.43. The fourth-order valence-corrected chi connectivity index (χ4v) is 3.07. The fraction of sp³-hybridized carbons (Fsp3) is 0.462. The second-order valence-corrected chi connectivity index (χ2v) is 5.52. The van der Waals surface area contributed by atoms with Crippen LogP contribution in [0.5, 0.6) is 0 Å². The van der Waals surface area contributed by atoms with Crippen LogP contribution in [0.3, 0.4) is 0 Å². The van der Waals surface area contributed by atoms with E-state index < -0.39 is 0 Å². The van der Waals surface area contributed by atoms with Crippen LogP contribution in [-0.4, -0.2) is 23.5 Å². The van der Waals surface area contributed by atoms with E-state index in [1.807, 2.05) is 36.0 Å². The molecule has 0 atom stereocenters. The van der Waals surface area contributed by atoms with Crippen molar-refractivity contribution in [3.05, 3.63) is 24.3 Å². The molecule has 0 aromatic heterocycles. The van der Waals surface area contributed by atoms with Crippen LogP contribution >= 0.6 is 11.8 Å². The number of rotatable bonds is 3. The van der Waals surface area contributed by atoms with Crippen molar-refractivity contribution < 1.29 is 4.79 Å². The van der Waals surface area contributed by atoms with Crippen molar-refractivity contribution in [2.45, 2.75) is 25.8 Å². The van der Waals surface area contributed by atoms with E-state index in [1.165, 1.54) is 31.3 Å². The third-order valence-corrected chi connectivity index (χ3v) is 3.82. The number of hydrogen-bond acceptors (Lipinski definition) is 3. The Kier molecular flexibility index (Phi) is 4.31. The van der Waals surface area contributed by atoms with E-state index in [0.717, 1.165) is 11.4 Å². The van der Waals surface area contributed by atoms with Crippen LogP contribution < -0.4 is 10.6 Å². The molecule has 1 saturated heterocycles. The molecular weight excluding hydrogens is 232 g/mol. The van der Waals surface area contributed by atoms with Gasteiger partial charge in [-0.2, -0.15) is 11.8 Å². The molecule has 1 aliphatic heterocycles. The topological polar surface area (TPSA) is 41.1 Å². The lowest BCUT2D eigenvalue weighted by Crippen LogP contribution is -2.24. The number of anilines is 2. The zero-order valence-corrected chi connectivity index (χ0v) is 10.8. The van der Waals surface area contributed by atoms with Gasteiger partial charge in [-0.25, -0.2) is 0 Å². The van der Waals surface area contributed by atoms with E-state index in [0.29, 0.717) is 6.04 Å². The number of amides is 1. The first-order valence-electron chi connectivity index (χ1n) is 5.96. The second kappa shape index (κ2) is 5.96. The Balaban J connectivity index is 1.97. The van der Waals surface area contributed by atoms with Gasteiger partial charge in [0, 0.05) is 24.3 Å². The van der Waals surface area contributed by atoms with Crippen molar-refractivity contribution in [3.63, 3.8) is 0 Å². The van der Waals surface area contributed by atoms with Crippen LogP contribution in [0.4, 0.5) is 11.4 Å². The normalized spacial score (nSPS) is 16.5. The molecule has 1 fully saturated rings. The van der Waals surface area contributed by atoms with Gasteiger partial charge in [-0.15, -0.1) is 0 Å². The second-order valence-electron chi connectivity index (χ2n) is 4.29. The van der Waals surface area contributed by atoms with Crippen molar-refractivity contribution in [1.29, 1.82) is 0 Å². The predicted molar refractivity (Wildman–Crippen MR) is 74.7 cm³/mol. The quantitative estimate of drug-likeness (QED) is 0.866. The third-order valence-electron chi connectivity index (χ3n) is 2.78. The summed E-state index contributed by atoms with van der Waals surface area (Å²) in [5.74, 6) is 2.45. The smallest absolute Gasteiger partial charge is 0.221 e. The molecule has 3 nitrogen and oxygen atoms in total. The van der Waals surface area contributed by atoms with E-state index in [4.69, 9.17) is 0 Å². The lowest BCUT2D eigenvalue weighted by atomic mass is 10.1. The molecule has 0 aliphatic carbocycles. The largest absolute Gasteiger partial charge is 0.382 e. The van der Waals surface area contributed by atoms with Crippen LogP contribution in [-0.2, 0) is 4.79 Å². The molecule has 0 bridgehead atoms. The van der Waals surface area contributed by atoms with Gasteiger partial charge < -0.3 is 10.6 Å². The summed E-state index contributed by atoms with van der Waals surface area (Å²) in [6.45, 7) is 1.53. The molecule has 0 spiro atoms. The zero-order chi connectivity index (χ0) is 12.1. The average Bonchev–Trinajstić information content (AvgIpc) is 2.30. The van der Waals surface area contributed by atoms with Gasteiger partial charge in [0.15, 0.2) is 0 Å². The minimum Gasteiger partial charge on any atom is -0.382 e. The lowest BCUT2D eigenvalue weighted by Gasteiger charge is -2.23. The first kappa shape index (κ1) is 12.3. The predicted octanol–water partition coefficient (Wildman–Crippen LogP) is 2.95. The SMILES string of the molecule is CC(=O)Nc1cccc(NC2CCSCC2)c1. The molecule has 2 rings (SSSR count). The molecule has 1 amide bonds. The molecule has 0 unspecified atom stereocenters. The van der Waals surface area contributed by atoms with Gasteiger partial charge in [-0.3, -0.25) is 4.79 Å². The molecule has 1 aliphatic rings. The number of carbonyl (C=O) groups is 1. The molecule has 0 saturated carbocycles. The first-order chi connectivity index (χ1) is 8.24. The Morgan fingerprint density at radius 2 is 2.00 bits per heavy atom. The van der Waals surface area contributed by atoms with E-state index >= 15 is 0 Å². The first-order valence-corrected chi connectivity index (χ1v) is 7.11. The average molecular weight is 250 g/mol. The highest BCUT2D eigenvalue weighted by atomic mass is 32.2. The Hall–Kier alpha value is -1.16.